The molecule has 0 aliphatic heterocycles. The van der Waals surface area contributed by atoms with Crippen LogP contribution in [0.5, 0.6) is 23.0 Å². The quantitative estimate of drug-likeness (QED) is 0.144. The number of anilines is 1. The first kappa shape index (κ1) is 36.1. The van der Waals surface area contributed by atoms with Crippen LogP contribution in [0.3, 0.4) is 0 Å². The van der Waals surface area contributed by atoms with Gasteiger partial charge in [0.15, 0.2) is 22.4 Å². The second-order valence-electron chi connectivity index (χ2n) is 12.5. The van der Waals surface area contributed by atoms with Crippen LogP contribution >= 0.6 is 11.6 Å². The average molecular weight is 763 g/mol. The van der Waals surface area contributed by atoms with Crippen molar-refractivity contribution in [1.29, 1.82) is 5.26 Å². The van der Waals surface area contributed by atoms with E-state index in [2.05, 4.69) is 31.2 Å². The van der Waals surface area contributed by atoms with Gasteiger partial charge in [-0.2, -0.15) is 10.4 Å². The molecule has 274 valence electrons. The lowest BCUT2D eigenvalue weighted by molar-refractivity contribution is 0.482. The van der Waals surface area contributed by atoms with Crippen molar-refractivity contribution in [2.75, 3.05) is 5.73 Å². The Morgan fingerprint density at radius 3 is 1.40 bits per heavy atom. The maximum Gasteiger partial charge on any atom is 0.187 e. The largest absolute Gasteiger partial charge is 0.457 e. The Bertz CT molecular complexity index is 2800. The molecule has 0 fully saturated rings. The summed E-state index contributed by atoms with van der Waals surface area (Å²) >= 11 is 6.27. The summed E-state index contributed by atoms with van der Waals surface area (Å²) in [6, 6.07) is 55.8. The van der Waals surface area contributed by atoms with Gasteiger partial charge >= 0.3 is 0 Å². The summed E-state index contributed by atoms with van der Waals surface area (Å²) in [7, 11) is 0. The highest BCUT2D eigenvalue weighted by molar-refractivity contribution is 6.31. The van der Waals surface area contributed by atoms with E-state index in [4.69, 9.17) is 31.8 Å². The van der Waals surface area contributed by atoms with Gasteiger partial charge in [0, 0.05) is 22.3 Å². The van der Waals surface area contributed by atoms with Gasteiger partial charge in [-0.3, -0.25) is 5.10 Å². The van der Waals surface area contributed by atoms with E-state index in [0.29, 0.717) is 39.9 Å². The molecule has 0 unspecified atom stereocenters. The van der Waals surface area contributed by atoms with Gasteiger partial charge in [-0.05, 0) is 72.8 Å². The minimum Gasteiger partial charge on any atom is -0.457 e. The summed E-state index contributed by atoms with van der Waals surface area (Å²) in [5.74, 6) is 4.50. The maximum absolute atomic E-state index is 9.53. The lowest BCUT2D eigenvalue weighted by Crippen LogP contribution is -1.98. The van der Waals surface area contributed by atoms with E-state index in [-0.39, 0.29) is 10.7 Å². The van der Waals surface area contributed by atoms with Crippen molar-refractivity contribution >= 4 is 28.5 Å². The molecule has 9 aromatic rings. The summed E-state index contributed by atoms with van der Waals surface area (Å²) in [6.07, 6.45) is 0. The number of aromatic nitrogens is 6. The lowest BCUT2D eigenvalue weighted by atomic mass is 10.1. The molecular formula is C46H31ClN8O2. The molecule has 3 N–H and O–H groups in total. The molecular weight excluding hydrogens is 732 g/mol. The van der Waals surface area contributed by atoms with Crippen molar-refractivity contribution < 1.29 is 9.47 Å². The van der Waals surface area contributed by atoms with E-state index in [9.17, 15) is 5.26 Å². The molecule has 57 heavy (non-hydrogen) atoms. The van der Waals surface area contributed by atoms with Crippen LogP contribution in [0.15, 0.2) is 170 Å². The van der Waals surface area contributed by atoms with E-state index in [1.165, 1.54) is 0 Å². The van der Waals surface area contributed by atoms with E-state index >= 15 is 0 Å². The third-order valence-electron chi connectivity index (χ3n) is 8.70. The number of nitrogens with zero attached hydrogens (tertiary/aromatic N) is 6. The zero-order valence-electron chi connectivity index (χ0n) is 30.1. The topological polar surface area (TPSA) is 149 Å². The number of rotatable bonds is 8. The van der Waals surface area contributed by atoms with Crippen LogP contribution in [0.25, 0.3) is 56.3 Å². The Labute approximate surface area is 332 Å². The summed E-state index contributed by atoms with van der Waals surface area (Å²) < 4.78 is 11.7. The minimum absolute atomic E-state index is 0.135. The fourth-order valence-electron chi connectivity index (χ4n) is 5.94. The highest BCUT2D eigenvalue weighted by atomic mass is 35.5. The summed E-state index contributed by atoms with van der Waals surface area (Å²) in [4.78, 5) is 18.2. The number of para-hydroxylation sites is 2. The van der Waals surface area contributed by atoms with E-state index in [1.807, 2.05) is 170 Å². The summed E-state index contributed by atoms with van der Waals surface area (Å²) in [6.45, 7) is 0. The van der Waals surface area contributed by atoms with E-state index in [0.717, 1.165) is 45.2 Å². The molecule has 0 aliphatic carbocycles. The molecule has 0 aliphatic rings. The molecule has 0 radical (unpaired) electrons. The first-order chi connectivity index (χ1) is 28.0. The van der Waals surface area contributed by atoms with Gasteiger partial charge in [0.05, 0.1) is 16.8 Å². The number of hydrogen-bond donors (Lipinski definition) is 2. The van der Waals surface area contributed by atoms with Crippen molar-refractivity contribution in [3.05, 3.63) is 181 Å². The Hall–Kier alpha value is -7.87. The molecule has 3 heterocycles. The second kappa shape index (κ2) is 16.7. The van der Waals surface area contributed by atoms with Crippen molar-refractivity contribution in [2.24, 2.45) is 0 Å². The van der Waals surface area contributed by atoms with Gasteiger partial charge in [-0.15, -0.1) is 0 Å². The molecule has 9 rings (SSSR count). The first-order valence-corrected chi connectivity index (χ1v) is 18.2. The van der Waals surface area contributed by atoms with Crippen LogP contribution in [0, 0.1) is 11.3 Å². The minimum atomic E-state index is 0.135. The van der Waals surface area contributed by atoms with Crippen molar-refractivity contribution in [2.45, 2.75) is 0 Å². The van der Waals surface area contributed by atoms with Crippen LogP contribution in [0.4, 0.5) is 5.82 Å². The second-order valence-corrected chi connectivity index (χ2v) is 12.9. The Morgan fingerprint density at radius 1 is 0.491 bits per heavy atom. The normalized spacial score (nSPS) is 10.6. The summed E-state index contributed by atoms with van der Waals surface area (Å²) in [5.41, 5.74) is 11.5. The van der Waals surface area contributed by atoms with E-state index < -0.39 is 0 Å². The van der Waals surface area contributed by atoms with Crippen LogP contribution in [0.2, 0.25) is 5.15 Å². The van der Waals surface area contributed by atoms with Crippen LogP contribution in [-0.2, 0) is 0 Å². The van der Waals surface area contributed by atoms with E-state index in [1.54, 1.807) is 0 Å². The standard InChI is InChI=1S/C23H14ClN3O.C23H17N5O/c24-22-20(15-25)21(26-23(27-22)17-7-3-1-4-8-17)16-11-13-19(14-12-16)28-18-9-5-2-6-10-18;24-21-19-20(15-11-13-18(14-12-15)29-17-9-5-2-6-10-17)25-22(26-23(19)28-27-21)16-7-3-1-4-8-16/h1-14H;1-14H,(H3,24,25,26,27,28). The molecule has 0 amide bonds. The van der Waals surface area contributed by atoms with Crippen molar-refractivity contribution in [3.63, 3.8) is 0 Å². The number of aromatic amines is 1. The fraction of sp³-hybridized carbons (Fsp3) is 0. The number of nitrogen functional groups attached to an aromatic ring is 1. The molecule has 0 bridgehead atoms. The maximum atomic E-state index is 9.53. The highest BCUT2D eigenvalue weighted by Gasteiger charge is 2.18. The lowest BCUT2D eigenvalue weighted by Gasteiger charge is -2.10. The highest BCUT2D eigenvalue weighted by Crippen LogP contribution is 2.34. The number of halogens is 1. The molecule has 0 spiro atoms. The van der Waals surface area contributed by atoms with Gasteiger partial charge in [0.25, 0.3) is 0 Å². The number of benzene rings is 6. The number of nitriles is 1. The summed E-state index contributed by atoms with van der Waals surface area (Å²) in [5, 5.41) is 17.4. The predicted molar refractivity (Wildman–Crippen MR) is 223 cm³/mol. The SMILES string of the molecule is N#Cc1c(Cl)nc(-c2ccccc2)nc1-c1ccc(Oc2ccccc2)cc1.Nc1[nH]nc2nc(-c3ccccc3)nc(-c3ccc(Oc4ccccc4)cc3)c12. The monoisotopic (exact) mass is 762 g/mol. The number of H-pyrrole nitrogens is 1. The molecule has 0 saturated heterocycles. The van der Waals surface area contributed by atoms with Crippen molar-refractivity contribution in [1.82, 2.24) is 30.1 Å². The third kappa shape index (κ3) is 8.29. The molecule has 6 aromatic carbocycles. The van der Waals surface area contributed by atoms with Gasteiger partial charge in [-0.1, -0.05) is 109 Å². The zero-order valence-corrected chi connectivity index (χ0v) is 30.9. The Kier molecular flexibility index (Phi) is 10.6. The predicted octanol–water partition coefficient (Wildman–Crippen LogP) is 11.2. The number of nitrogens with two attached hydrogens (primary N) is 1. The zero-order chi connectivity index (χ0) is 39.0. The average Bonchev–Trinajstić information content (AvgIpc) is 3.65. The number of ether oxygens (including phenoxy) is 2. The van der Waals surface area contributed by atoms with Gasteiger partial charge in [-0.25, -0.2) is 19.9 Å². The molecule has 0 atom stereocenters. The smallest absolute Gasteiger partial charge is 0.187 e. The number of fused-ring (bicyclic) bond motifs is 1. The first-order valence-electron chi connectivity index (χ1n) is 17.8. The molecule has 3 aromatic heterocycles. The van der Waals surface area contributed by atoms with Gasteiger partial charge in [0.1, 0.15) is 40.4 Å². The molecule has 0 saturated carbocycles. The van der Waals surface area contributed by atoms with Crippen molar-refractivity contribution in [3.8, 4) is 74.4 Å². The van der Waals surface area contributed by atoms with Crippen LogP contribution in [0.1, 0.15) is 5.56 Å². The number of nitrogens with one attached hydrogen (secondary N) is 1. The molecule has 11 heteroatoms. The number of hydrogen-bond acceptors (Lipinski definition) is 9. The van der Waals surface area contributed by atoms with Gasteiger partial charge in [0.2, 0.25) is 0 Å². The molecule has 10 nitrogen and oxygen atoms in total. The van der Waals surface area contributed by atoms with Crippen LogP contribution in [-0.4, -0.2) is 30.1 Å². The van der Waals surface area contributed by atoms with Crippen LogP contribution < -0.4 is 15.2 Å². The fourth-order valence-corrected chi connectivity index (χ4v) is 6.15. The Balaban J connectivity index is 0.000000160. The third-order valence-corrected chi connectivity index (χ3v) is 8.97. The Morgan fingerprint density at radius 2 is 0.912 bits per heavy atom. The van der Waals surface area contributed by atoms with Gasteiger partial charge < -0.3 is 15.2 Å².